The molecule has 0 amide bonds. The Balaban J connectivity index is 0.00000324. The van der Waals surface area contributed by atoms with Crippen molar-refractivity contribution in [3.8, 4) is 0 Å². The minimum Gasteiger partial charge on any atom is -1.00 e. The molecule has 1 rings (SSSR count). The van der Waals surface area contributed by atoms with Gasteiger partial charge in [-0.3, -0.25) is 0 Å². The number of rotatable bonds is 6. The van der Waals surface area contributed by atoms with Crippen LogP contribution >= 0.6 is 11.6 Å². The number of aliphatic carboxylic acids is 1. The second kappa shape index (κ2) is 8.86. The maximum atomic E-state index is 13.1. The highest BCUT2D eigenvalue weighted by Gasteiger charge is 2.20. The van der Waals surface area contributed by atoms with Gasteiger partial charge in [-0.2, -0.15) is 0 Å². The van der Waals surface area contributed by atoms with Crippen LogP contribution in [0.15, 0.2) is 18.2 Å². The summed E-state index contributed by atoms with van der Waals surface area (Å²) in [5, 5.41) is 12.1. The summed E-state index contributed by atoms with van der Waals surface area (Å²) in [6, 6.07) is 3.20. The van der Waals surface area contributed by atoms with Crippen LogP contribution in [0.4, 0.5) is 10.1 Å². The molecule has 0 aliphatic carbocycles. The van der Waals surface area contributed by atoms with Gasteiger partial charge in [0, 0.05) is 17.1 Å². The van der Waals surface area contributed by atoms with Crippen LogP contribution in [0.2, 0.25) is 5.02 Å². The predicted octanol–water partition coefficient (Wildman–Crippen LogP) is -0.384. The number of benzene rings is 1. The number of anilines is 1. The van der Waals surface area contributed by atoms with E-state index in [2.05, 4.69) is 17.8 Å². The van der Waals surface area contributed by atoms with Crippen molar-refractivity contribution in [3.63, 3.8) is 0 Å². The second-order valence-corrected chi connectivity index (χ2v) is 6.99. The molecule has 0 fully saturated rings. The molecule has 0 heterocycles. The van der Waals surface area contributed by atoms with Gasteiger partial charge in [0.1, 0.15) is 17.6 Å². The Kier molecular flexibility index (Phi) is 8.76. The quantitative estimate of drug-likeness (QED) is 0.488. The molecule has 19 heavy (non-hydrogen) atoms. The van der Waals surface area contributed by atoms with Crippen LogP contribution in [0.5, 0.6) is 0 Å². The zero-order valence-electron chi connectivity index (χ0n) is 10.6. The third kappa shape index (κ3) is 7.22. The molecule has 1 aromatic rings. The topological polar surface area (TPSA) is 49.3 Å². The molecule has 3 nitrogen and oxygen atoms in total. The first-order valence-corrected chi connectivity index (χ1v) is 7.97. The van der Waals surface area contributed by atoms with Crippen molar-refractivity contribution in [2.75, 3.05) is 23.6 Å². The number of nitrogens with one attached hydrogen (secondary N) is 1. The number of hydrogen-bond acceptors (Lipinski definition) is 2. The molecule has 0 unspecified atom stereocenters. The van der Waals surface area contributed by atoms with Crippen LogP contribution in [-0.4, -0.2) is 35.4 Å². The third-order valence-corrected chi connectivity index (χ3v) is 3.59. The van der Waals surface area contributed by atoms with Crippen LogP contribution < -0.4 is 29.3 Å². The Labute approximate surface area is 137 Å². The van der Waals surface area contributed by atoms with E-state index in [-0.39, 0.29) is 39.9 Å². The maximum Gasteiger partial charge on any atom is 0.326 e. The number of carboxylic acid groups (broad SMARTS) is 1. The van der Waals surface area contributed by atoms with E-state index in [9.17, 15) is 9.18 Å². The van der Waals surface area contributed by atoms with Crippen LogP contribution in [0.1, 0.15) is 6.42 Å². The summed E-state index contributed by atoms with van der Waals surface area (Å²) in [5.74, 6) is -0.617. The largest absolute Gasteiger partial charge is 1.00 e. The average molecular weight is 420 g/mol. The first-order chi connectivity index (χ1) is 8.38. The molecule has 0 aliphatic heterocycles. The van der Waals surface area contributed by atoms with E-state index in [1.807, 2.05) is 0 Å². The van der Waals surface area contributed by atoms with E-state index in [0.29, 0.717) is 12.1 Å². The fourth-order valence-electron chi connectivity index (χ4n) is 1.45. The molecular weight excluding hydrogens is 404 g/mol. The first-order valence-electron chi connectivity index (χ1n) is 5.38. The summed E-state index contributed by atoms with van der Waals surface area (Å²) in [5.41, 5.74) is 0.388. The average Bonchev–Trinajstić information content (AvgIpc) is 2.22. The molecule has 0 saturated carbocycles. The SMILES string of the molecule is C[S+](C)CC[C@@H](Nc1cc(F)cc(Cl)c1)C(=O)O.[I-]. The molecule has 0 aromatic heterocycles. The van der Waals surface area contributed by atoms with Crippen molar-refractivity contribution in [1.82, 2.24) is 0 Å². The second-order valence-electron chi connectivity index (χ2n) is 4.17. The highest BCUT2D eigenvalue weighted by molar-refractivity contribution is 7.95. The number of carboxylic acids is 1. The van der Waals surface area contributed by atoms with Crippen molar-refractivity contribution in [1.29, 1.82) is 0 Å². The molecule has 0 aliphatic rings. The molecule has 0 radical (unpaired) electrons. The number of halogens is 3. The molecule has 0 bridgehead atoms. The van der Waals surface area contributed by atoms with E-state index < -0.39 is 17.8 Å². The highest BCUT2D eigenvalue weighted by Crippen LogP contribution is 2.19. The monoisotopic (exact) mass is 419 g/mol. The Morgan fingerprint density at radius 1 is 1.47 bits per heavy atom. The Hall–Kier alpha value is -0.210. The molecule has 108 valence electrons. The van der Waals surface area contributed by atoms with Crippen molar-refractivity contribution >= 4 is 34.2 Å². The lowest BCUT2D eigenvalue weighted by Gasteiger charge is -2.15. The summed E-state index contributed by atoms with van der Waals surface area (Å²) in [6.45, 7) is 0. The number of hydrogen-bond donors (Lipinski definition) is 2. The van der Waals surface area contributed by atoms with E-state index >= 15 is 0 Å². The minimum atomic E-state index is -0.944. The molecule has 7 heteroatoms. The van der Waals surface area contributed by atoms with Gasteiger partial charge in [0.2, 0.25) is 0 Å². The van der Waals surface area contributed by atoms with Gasteiger partial charge in [-0.1, -0.05) is 11.6 Å². The Morgan fingerprint density at radius 3 is 2.58 bits per heavy atom. The van der Waals surface area contributed by atoms with Gasteiger partial charge in [-0.25, -0.2) is 9.18 Å². The summed E-state index contributed by atoms with van der Waals surface area (Å²) in [6.07, 6.45) is 4.61. The van der Waals surface area contributed by atoms with Crippen LogP contribution in [0.3, 0.4) is 0 Å². The summed E-state index contributed by atoms with van der Waals surface area (Å²) in [7, 11) is 0.177. The fraction of sp³-hybridized carbons (Fsp3) is 0.417. The van der Waals surface area contributed by atoms with Crippen molar-refractivity contribution in [2.45, 2.75) is 12.5 Å². The fourth-order valence-corrected chi connectivity index (χ4v) is 2.38. The molecule has 0 spiro atoms. The normalized spacial score (nSPS) is 11.8. The minimum absolute atomic E-state index is 0. The van der Waals surface area contributed by atoms with Crippen molar-refractivity contribution in [2.24, 2.45) is 0 Å². The van der Waals surface area contributed by atoms with Crippen LogP contribution in [0.25, 0.3) is 0 Å². The zero-order valence-corrected chi connectivity index (χ0v) is 14.4. The molecule has 1 atom stereocenters. The lowest BCUT2D eigenvalue weighted by molar-refractivity contribution is -0.137. The van der Waals surface area contributed by atoms with Gasteiger partial charge >= 0.3 is 5.97 Å². The Morgan fingerprint density at radius 2 is 2.11 bits per heavy atom. The van der Waals surface area contributed by atoms with E-state index in [0.717, 1.165) is 5.75 Å². The summed E-state index contributed by atoms with van der Waals surface area (Å²) < 4.78 is 13.1. The first kappa shape index (κ1) is 18.8. The summed E-state index contributed by atoms with van der Waals surface area (Å²) in [4.78, 5) is 11.1. The lowest BCUT2D eigenvalue weighted by atomic mass is 10.2. The standard InChI is InChI=1S/C12H15ClFNO2S.HI/c1-18(2)4-3-11(12(16)17)15-10-6-8(13)5-9(14)7-10;/h5-7,11,15H,3-4H2,1-2H3;1H/t11-;/m1./s1. The zero-order chi connectivity index (χ0) is 13.7. The lowest BCUT2D eigenvalue weighted by Crippen LogP contribution is -3.00. The van der Waals surface area contributed by atoms with Gasteiger partial charge in [0.25, 0.3) is 0 Å². The van der Waals surface area contributed by atoms with Crippen molar-refractivity contribution < 1.29 is 38.3 Å². The molecule has 0 saturated heterocycles. The van der Waals surface area contributed by atoms with E-state index in [4.69, 9.17) is 16.7 Å². The van der Waals surface area contributed by atoms with Crippen LogP contribution in [-0.2, 0) is 15.7 Å². The van der Waals surface area contributed by atoms with Gasteiger partial charge in [0.15, 0.2) is 0 Å². The molecular formula is C12H16ClFINO2S. The van der Waals surface area contributed by atoms with E-state index in [1.165, 1.54) is 18.2 Å². The summed E-state index contributed by atoms with van der Waals surface area (Å²) >= 11 is 5.71. The highest BCUT2D eigenvalue weighted by atomic mass is 127. The molecule has 1 aromatic carbocycles. The van der Waals surface area contributed by atoms with Crippen molar-refractivity contribution in [3.05, 3.63) is 29.0 Å². The van der Waals surface area contributed by atoms with Crippen LogP contribution in [0, 0.1) is 5.82 Å². The predicted molar refractivity (Wildman–Crippen MR) is 75.2 cm³/mol. The van der Waals surface area contributed by atoms with Gasteiger partial charge in [-0.05, 0) is 29.1 Å². The Bertz CT molecular complexity index is 414. The number of carbonyl (C=O) groups is 1. The maximum absolute atomic E-state index is 13.1. The third-order valence-electron chi connectivity index (χ3n) is 2.32. The van der Waals surface area contributed by atoms with E-state index in [1.54, 1.807) is 0 Å². The van der Waals surface area contributed by atoms with Gasteiger partial charge in [-0.15, -0.1) is 0 Å². The van der Waals surface area contributed by atoms with Gasteiger partial charge < -0.3 is 34.4 Å². The molecule has 2 N–H and O–H groups in total. The van der Waals surface area contributed by atoms with Gasteiger partial charge in [0.05, 0.1) is 12.5 Å². The smallest absolute Gasteiger partial charge is 0.326 e.